The molecule has 4 aromatic rings. The van der Waals surface area contributed by atoms with Crippen LogP contribution >= 0.6 is 23.2 Å². The summed E-state index contributed by atoms with van der Waals surface area (Å²) in [5.74, 6) is 1.79. The molecule has 3 heterocycles. The molecule has 0 spiro atoms. The minimum Gasteiger partial charge on any atom is -0.492 e. The third kappa shape index (κ3) is 5.21. The van der Waals surface area contributed by atoms with Crippen molar-refractivity contribution in [1.29, 1.82) is 0 Å². The Hall–Kier alpha value is -2.87. The zero-order valence-electron chi connectivity index (χ0n) is 18.1. The fraction of sp³-hybridized carbons (Fsp3) is 0.292. The fourth-order valence-electron chi connectivity index (χ4n) is 4.02. The van der Waals surface area contributed by atoms with Gasteiger partial charge in [-0.3, -0.25) is 4.90 Å². The van der Waals surface area contributed by atoms with E-state index in [0.29, 0.717) is 18.2 Å². The summed E-state index contributed by atoms with van der Waals surface area (Å²) in [6.45, 7) is 5.87. The normalized spacial score (nSPS) is 14.7. The van der Waals surface area contributed by atoms with Crippen molar-refractivity contribution in [2.24, 2.45) is 0 Å². The molecule has 0 radical (unpaired) electrons. The van der Waals surface area contributed by atoms with E-state index in [1.807, 2.05) is 59.4 Å². The van der Waals surface area contributed by atoms with Crippen molar-refractivity contribution in [2.75, 3.05) is 44.2 Å². The Morgan fingerprint density at radius 1 is 0.848 bits per heavy atom. The summed E-state index contributed by atoms with van der Waals surface area (Å²) in [5, 5.41) is 7.00. The number of piperazine rings is 1. The molecule has 0 atom stereocenters. The molecule has 0 amide bonds. The molecule has 1 aliphatic rings. The average Bonchev–Trinajstić information content (AvgIpc) is 3.25. The van der Waals surface area contributed by atoms with Crippen LogP contribution in [0, 0.1) is 0 Å². The van der Waals surface area contributed by atoms with E-state index in [0.717, 1.165) is 65.9 Å². The van der Waals surface area contributed by atoms with Crippen LogP contribution in [0.5, 0.6) is 5.75 Å². The van der Waals surface area contributed by atoms with Gasteiger partial charge in [0.05, 0.1) is 18.1 Å². The summed E-state index contributed by atoms with van der Waals surface area (Å²) in [4.78, 5) is 13.8. The Balaban J connectivity index is 1.19. The molecule has 2 aromatic heterocycles. The number of benzene rings is 2. The molecule has 7 nitrogen and oxygen atoms in total. The van der Waals surface area contributed by atoms with Crippen molar-refractivity contribution < 1.29 is 4.74 Å². The summed E-state index contributed by atoms with van der Waals surface area (Å²) in [6, 6.07) is 15.3. The highest BCUT2D eigenvalue weighted by Crippen LogP contribution is 2.24. The van der Waals surface area contributed by atoms with E-state index < -0.39 is 0 Å². The van der Waals surface area contributed by atoms with Gasteiger partial charge in [-0.15, -0.1) is 0 Å². The molecule has 9 heteroatoms. The van der Waals surface area contributed by atoms with Crippen molar-refractivity contribution >= 4 is 40.1 Å². The standard InChI is InChI=1S/C24H24Cl2N6O/c25-19-3-1-18(2-4-19)16-32-24-22(15-29-32)23(27-17-28-24)31-11-9-30(10-12-31)13-14-33-21-7-5-20(26)6-8-21/h1-8,15,17H,9-14,16H2. The minimum absolute atomic E-state index is 0.637. The van der Waals surface area contributed by atoms with Crippen LogP contribution in [0.2, 0.25) is 10.0 Å². The Morgan fingerprint density at radius 3 is 2.27 bits per heavy atom. The summed E-state index contributed by atoms with van der Waals surface area (Å²) in [5.41, 5.74) is 1.97. The van der Waals surface area contributed by atoms with Crippen molar-refractivity contribution in [1.82, 2.24) is 24.6 Å². The molecule has 1 saturated heterocycles. The van der Waals surface area contributed by atoms with Crippen LogP contribution in [0.3, 0.4) is 0 Å². The average molecular weight is 483 g/mol. The number of halogens is 2. The van der Waals surface area contributed by atoms with Gasteiger partial charge >= 0.3 is 0 Å². The Bertz CT molecular complexity index is 1200. The topological polar surface area (TPSA) is 59.3 Å². The molecule has 1 aliphatic heterocycles. The number of anilines is 1. The van der Waals surface area contributed by atoms with E-state index >= 15 is 0 Å². The molecule has 170 valence electrons. The molecule has 0 saturated carbocycles. The number of hydrogen-bond acceptors (Lipinski definition) is 6. The lowest BCUT2D eigenvalue weighted by atomic mass is 10.2. The highest BCUT2D eigenvalue weighted by atomic mass is 35.5. The van der Waals surface area contributed by atoms with Crippen LogP contribution in [0.15, 0.2) is 61.1 Å². The van der Waals surface area contributed by atoms with Gasteiger partial charge in [-0.1, -0.05) is 35.3 Å². The molecular formula is C24H24Cl2N6O. The lowest BCUT2D eigenvalue weighted by Gasteiger charge is -2.35. The SMILES string of the molecule is Clc1ccc(Cn2ncc3c(N4CCN(CCOc5ccc(Cl)cc5)CC4)ncnc32)cc1. The van der Waals surface area contributed by atoms with Gasteiger partial charge in [0.25, 0.3) is 0 Å². The van der Waals surface area contributed by atoms with E-state index in [2.05, 4.69) is 24.9 Å². The number of aromatic nitrogens is 4. The third-order valence-corrected chi connectivity index (χ3v) is 6.32. The predicted molar refractivity (Wildman–Crippen MR) is 131 cm³/mol. The summed E-state index contributed by atoms with van der Waals surface area (Å²) in [7, 11) is 0. The van der Waals surface area contributed by atoms with E-state index in [9.17, 15) is 0 Å². The highest BCUT2D eigenvalue weighted by molar-refractivity contribution is 6.30. The van der Waals surface area contributed by atoms with Gasteiger partial charge in [-0.25, -0.2) is 14.6 Å². The molecule has 0 aliphatic carbocycles. The fourth-order valence-corrected chi connectivity index (χ4v) is 4.27. The molecule has 0 unspecified atom stereocenters. The number of fused-ring (bicyclic) bond motifs is 1. The first-order valence-electron chi connectivity index (χ1n) is 10.9. The van der Waals surface area contributed by atoms with Gasteiger partial charge in [-0.2, -0.15) is 5.10 Å². The van der Waals surface area contributed by atoms with Crippen LogP contribution in [-0.4, -0.2) is 64.0 Å². The first kappa shape index (κ1) is 21.9. The first-order valence-corrected chi connectivity index (χ1v) is 11.7. The number of rotatable bonds is 7. The van der Waals surface area contributed by atoms with Gasteiger partial charge < -0.3 is 9.64 Å². The van der Waals surface area contributed by atoms with Crippen molar-refractivity contribution in [3.63, 3.8) is 0 Å². The molecule has 5 rings (SSSR count). The van der Waals surface area contributed by atoms with E-state index in [4.69, 9.17) is 27.9 Å². The van der Waals surface area contributed by atoms with Gasteiger partial charge in [0.15, 0.2) is 5.65 Å². The maximum Gasteiger partial charge on any atom is 0.163 e. The quantitative estimate of drug-likeness (QED) is 0.389. The first-order chi connectivity index (χ1) is 16.2. The van der Waals surface area contributed by atoms with Crippen LogP contribution < -0.4 is 9.64 Å². The molecule has 0 bridgehead atoms. The monoisotopic (exact) mass is 482 g/mol. The van der Waals surface area contributed by atoms with Gasteiger partial charge in [0.1, 0.15) is 24.5 Å². The van der Waals surface area contributed by atoms with E-state index in [1.54, 1.807) is 6.33 Å². The smallest absolute Gasteiger partial charge is 0.163 e. The number of ether oxygens (including phenoxy) is 1. The second-order valence-electron chi connectivity index (χ2n) is 7.99. The molecule has 2 aromatic carbocycles. The second kappa shape index (κ2) is 9.95. The minimum atomic E-state index is 0.637. The van der Waals surface area contributed by atoms with Crippen molar-refractivity contribution in [3.05, 3.63) is 76.7 Å². The zero-order valence-corrected chi connectivity index (χ0v) is 19.6. The summed E-state index contributed by atoms with van der Waals surface area (Å²) < 4.78 is 7.75. The van der Waals surface area contributed by atoms with Crippen molar-refractivity contribution in [3.8, 4) is 5.75 Å². The highest BCUT2D eigenvalue weighted by Gasteiger charge is 2.21. The largest absolute Gasteiger partial charge is 0.492 e. The maximum absolute atomic E-state index is 6.00. The third-order valence-electron chi connectivity index (χ3n) is 5.82. The summed E-state index contributed by atoms with van der Waals surface area (Å²) >= 11 is 11.9. The molecular weight excluding hydrogens is 459 g/mol. The van der Waals surface area contributed by atoms with E-state index in [1.165, 1.54) is 0 Å². The zero-order chi connectivity index (χ0) is 22.6. The van der Waals surface area contributed by atoms with Crippen molar-refractivity contribution in [2.45, 2.75) is 6.54 Å². The maximum atomic E-state index is 6.00. The molecule has 1 fully saturated rings. The lowest BCUT2D eigenvalue weighted by molar-refractivity contribution is 0.200. The molecule has 0 N–H and O–H groups in total. The van der Waals surface area contributed by atoms with Gasteiger partial charge in [-0.05, 0) is 42.0 Å². The van der Waals surface area contributed by atoms with E-state index in [-0.39, 0.29) is 0 Å². The van der Waals surface area contributed by atoms with Gasteiger partial charge in [0, 0.05) is 42.8 Å². The van der Waals surface area contributed by atoms with Crippen LogP contribution in [0.25, 0.3) is 11.0 Å². The second-order valence-corrected chi connectivity index (χ2v) is 8.87. The predicted octanol–water partition coefficient (Wildman–Crippen LogP) is 4.38. The number of nitrogens with zero attached hydrogens (tertiary/aromatic N) is 6. The Kier molecular flexibility index (Phi) is 6.62. The van der Waals surface area contributed by atoms with Crippen LogP contribution in [-0.2, 0) is 6.54 Å². The number of hydrogen-bond donors (Lipinski definition) is 0. The van der Waals surface area contributed by atoms with Crippen LogP contribution in [0.1, 0.15) is 5.56 Å². The summed E-state index contributed by atoms with van der Waals surface area (Å²) in [6.07, 6.45) is 3.50. The Morgan fingerprint density at radius 2 is 1.55 bits per heavy atom. The lowest BCUT2D eigenvalue weighted by Crippen LogP contribution is -2.47. The Labute approximate surface area is 202 Å². The van der Waals surface area contributed by atoms with Gasteiger partial charge in [0.2, 0.25) is 0 Å². The van der Waals surface area contributed by atoms with Crippen LogP contribution in [0.4, 0.5) is 5.82 Å². The molecule has 33 heavy (non-hydrogen) atoms.